The first-order chi connectivity index (χ1) is 11.3. The molecule has 0 saturated carbocycles. The molecule has 1 aliphatic rings. The van der Waals surface area contributed by atoms with Crippen LogP contribution in [-0.2, 0) is 30.8 Å². The average molecular weight is 356 g/mol. The molecule has 0 radical (unpaired) electrons. The second-order valence-electron chi connectivity index (χ2n) is 5.37. The molecule has 2 N–H and O–H groups in total. The number of amides is 1. The van der Waals surface area contributed by atoms with Gasteiger partial charge in [0.15, 0.2) is 0 Å². The van der Waals surface area contributed by atoms with E-state index in [9.17, 15) is 18.0 Å². The highest BCUT2D eigenvalue weighted by Gasteiger charge is 2.26. The van der Waals surface area contributed by atoms with Crippen LogP contribution in [0, 0.1) is 0 Å². The SMILES string of the molecule is COCCNS(=O)(=O)c1ccc2c(c1)CCN2C(=O)CCC(=O)O. The number of aliphatic carboxylic acids is 1. The second kappa shape index (κ2) is 7.73. The van der Waals surface area contributed by atoms with Crippen LogP contribution in [0.2, 0.25) is 0 Å². The highest BCUT2D eigenvalue weighted by molar-refractivity contribution is 7.89. The summed E-state index contributed by atoms with van der Waals surface area (Å²) in [6.07, 6.45) is 0.240. The van der Waals surface area contributed by atoms with Crippen molar-refractivity contribution in [3.8, 4) is 0 Å². The Morgan fingerprint density at radius 2 is 2.08 bits per heavy atom. The van der Waals surface area contributed by atoms with Crippen LogP contribution in [0.25, 0.3) is 0 Å². The Balaban J connectivity index is 2.13. The number of carboxylic acids is 1. The number of ether oxygens (including phenoxy) is 1. The number of carbonyl (C=O) groups excluding carboxylic acids is 1. The summed E-state index contributed by atoms with van der Waals surface area (Å²) in [6, 6.07) is 4.58. The zero-order valence-electron chi connectivity index (χ0n) is 13.3. The molecule has 0 unspecified atom stereocenters. The van der Waals surface area contributed by atoms with Gasteiger partial charge in [0, 0.05) is 32.3 Å². The third-order valence-corrected chi connectivity index (χ3v) is 5.17. The molecule has 0 bridgehead atoms. The third kappa shape index (κ3) is 4.31. The highest BCUT2D eigenvalue weighted by Crippen LogP contribution is 2.30. The Labute approximate surface area is 140 Å². The largest absolute Gasteiger partial charge is 0.481 e. The fraction of sp³-hybridized carbons (Fsp3) is 0.467. The van der Waals surface area contributed by atoms with E-state index in [2.05, 4.69) is 4.72 Å². The van der Waals surface area contributed by atoms with Crippen molar-refractivity contribution in [2.24, 2.45) is 0 Å². The van der Waals surface area contributed by atoms with Gasteiger partial charge in [0.25, 0.3) is 0 Å². The Morgan fingerprint density at radius 3 is 2.75 bits per heavy atom. The summed E-state index contributed by atoms with van der Waals surface area (Å²) < 4.78 is 31.6. The summed E-state index contributed by atoms with van der Waals surface area (Å²) in [5, 5.41) is 8.66. The molecular weight excluding hydrogens is 336 g/mol. The van der Waals surface area contributed by atoms with Crippen molar-refractivity contribution >= 4 is 27.6 Å². The van der Waals surface area contributed by atoms with Gasteiger partial charge in [-0.15, -0.1) is 0 Å². The Morgan fingerprint density at radius 1 is 1.33 bits per heavy atom. The van der Waals surface area contributed by atoms with Crippen LogP contribution < -0.4 is 9.62 Å². The molecule has 0 aliphatic carbocycles. The number of nitrogens with one attached hydrogen (secondary N) is 1. The van der Waals surface area contributed by atoms with Gasteiger partial charge in [0.05, 0.1) is 17.9 Å². The van der Waals surface area contributed by atoms with Crippen LogP contribution in [0.1, 0.15) is 18.4 Å². The Hall–Kier alpha value is -1.97. The van der Waals surface area contributed by atoms with E-state index >= 15 is 0 Å². The van der Waals surface area contributed by atoms with E-state index in [1.165, 1.54) is 18.1 Å². The molecule has 1 aromatic rings. The summed E-state index contributed by atoms with van der Waals surface area (Å²) in [5.41, 5.74) is 1.40. The number of methoxy groups -OCH3 is 1. The maximum absolute atomic E-state index is 12.2. The minimum Gasteiger partial charge on any atom is -0.481 e. The molecule has 0 saturated heterocycles. The standard InChI is InChI=1S/C15H20N2O6S/c1-23-9-7-16-24(21,22)12-2-3-13-11(10-12)6-8-17(13)14(18)4-5-15(19)20/h2-3,10,16H,4-9H2,1H3,(H,19,20). The summed E-state index contributed by atoms with van der Waals surface area (Å²) in [7, 11) is -2.14. The topological polar surface area (TPSA) is 113 Å². The van der Waals surface area contributed by atoms with E-state index in [0.717, 1.165) is 5.56 Å². The van der Waals surface area contributed by atoms with E-state index in [-0.39, 0.29) is 36.8 Å². The van der Waals surface area contributed by atoms with Crippen LogP contribution >= 0.6 is 0 Å². The van der Waals surface area contributed by atoms with Crippen LogP contribution in [0.15, 0.2) is 23.1 Å². The predicted octanol–water partition coefficient (Wildman–Crippen LogP) is 0.365. The number of hydrogen-bond donors (Lipinski definition) is 2. The van der Waals surface area contributed by atoms with Gasteiger partial charge in [-0.05, 0) is 30.2 Å². The second-order valence-corrected chi connectivity index (χ2v) is 7.14. The summed E-state index contributed by atoms with van der Waals surface area (Å²) in [5.74, 6) is -1.30. The van der Waals surface area contributed by atoms with E-state index in [1.54, 1.807) is 12.1 Å². The zero-order valence-corrected chi connectivity index (χ0v) is 14.1. The number of carboxylic acid groups (broad SMARTS) is 1. The van der Waals surface area contributed by atoms with Gasteiger partial charge >= 0.3 is 5.97 Å². The molecule has 24 heavy (non-hydrogen) atoms. The monoisotopic (exact) mass is 356 g/mol. The molecule has 1 heterocycles. The van der Waals surface area contributed by atoms with Crippen molar-refractivity contribution in [1.82, 2.24) is 4.72 Å². The van der Waals surface area contributed by atoms with E-state index in [1.807, 2.05) is 0 Å². The Bertz CT molecular complexity index is 731. The molecule has 0 spiro atoms. The lowest BCUT2D eigenvalue weighted by molar-refractivity contribution is -0.138. The van der Waals surface area contributed by atoms with Gasteiger partial charge in [0.2, 0.25) is 15.9 Å². The van der Waals surface area contributed by atoms with Crippen molar-refractivity contribution in [2.45, 2.75) is 24.2 Å². The molecule has 0 aromatic heterocycles. The van der Waals surface area contributed by atoms with E-state index in [4.69, 9.17) is 9.84 Å². The van der Waals surface area contributed by atoms with Crippen LogP contribution in [0.5, 0.6) is 0 Å². The van der Waals surface area contributed by atoms with Gasteiger partial charge in [-0.1, -0.05) is 0 Å². The number of benzene rings is 1. The number of carbonyl (C=O) groups is 2. The normalized spacial score (nSPS) is 13.8. The van der Waals surface area contributed by atoms with E-state index in [0.29, 0.717) is 18.7 Å². The fourth-order valence-corrected chi connectivity index (χ4v) is 3.58. The molecule has 1 amide bonds. The van der Waals surface area contributed by atoms with Gasteiger partial charge in [0.1, 0.15) is 0 Å². The number of sulfonamides is 1. The molecule has 1 aliphatic heterocycles. The minimum atomic E-state index is -3.62. The predicted molar refractivity (Wildman–Crippen MR) is 86.4 cm³/mol. The first-order valence-electron chi connectivity index (χ1n) is 7.49. The first kappa shape index (κ1) is 18.4. The zero-order chi connectivity index (χ0) is 17.7. The summed E-state index contributed by atoms with van der Waals surface area (Å²) in [4.78, 5) is 24.3. The molecule has 2 rings (SSSR count). The fourth-order valence-electron chi connectivity index (χ4n) is 2.51. The number of nitrogens with zero attached hydrogens (tertiary/aromatic N) is 1. The maximum atomic E-state index is 12.2. The van der Waals surface area contributed by atoms with Crippen molar-refractivity contribution in [1.29, 1.82) is 0 Å². The molecule has 0 fully saturated rings. The molecule has 9 heteroatoms. The smallest absolute Gasteiger partial charge is 0.303 e. The lowest BCUT2D eigenvalue weighted by atomic mass is 10.2. The number of fused-ring (bicyclic) bond motifs is 1. The summed E-state index contributed by atoms with van der Waals surface area (Å²) in [6.45, 7) is 0.875. The van der Waals surface area contributed by atoms with E-state index < -0.39 is 16.0 Å². The van der Waals surface area contributed by atoms with Gasteiger partial charge < -0.3 is 14.7 Å². The quantitative estimate of drug-likeness (QED) is 0.651. The molecule has 1 aromatic carbocycles. The Kier molecular flexibility index (Phi) is 5.92. The van der Waals surface area contributed by atoms with Crippen molar-refractivity contribution in [3.05, 3.63) is 23.8 Å². The van der Waals surface area contributed by atoms with Gasteiger partial charge in [-0.25, -0.2) is 13.1 Å². The van der Waals surface area contributed by atoms with Crippen molar-refractivity contribution < 1.29 is 27.9 Å². The minimum absolute atomic E-state index is 0.0760. The number of rotatable bonds is 8. The summed E-state index contributed by atoms with van der Waals surface area (Å²) >= 11 is 0. The third-order valence-electron chi connectivity index (χ3n) is 3.71. The molecular formula is C15H20N2O6S. The molecule has 132 valence electrons. The lowest BCUT2D eigenvalue weighted by Gasteiger charge is -2.17. The van der Waals surface area contributed by atoms with Gasteiger partial charge in [-0.2, -0.15) is 0 Å². The molecule has 0 atom stereocenters. The van der Waals surface area contributed by atoms with Crippen LogP contribution in [0.3, 0.4) is 0 Å². The van der Waals surface area contributed by atoms with Gasteiger partial charge in [-0.3, -0.25) is 9.59 Å². The average Bonchev–Trinajstić information content (AvgIpc) is 2.96. The van der Waals surface area contributed by atoms with Crippen molar-refractivity contribution in [2.75, 3.05) is 31.7 Å². The van der Waals surface area contributed by atoms with Crippen molar-refractivity contribution in [3.63, 3.8) is 0 Å². The maximum Gasteiger partial charge on any atom is 0.303 e. The van der Waals surface area contributed by atoms with Crippen LogP contribution in [0.4, 0.5) is 5.69 Å². The van der Waals surface area contributed by atoms with Crippen LogP contribution in [-0.4, -0.2) is 52.2 Å². The number of anilines is 1. The highest BCUT2D eigenvalue weighted by atomic mass is 32.2. The molecule has 8 nitrogen and oxygen atoms in total. The first-order valence-corrected chi connectivity index (χ1v) is 8.97. The lowest BCUT2D eigenvalue weighted by Crippen LogP contribution is -2.29. The number of hydrogen-bond acceptors (Lipinski definition) is 5.